The summed E-state index contributed by atoms with van der Waals surface area (Å²) in [6, 6.07) is 8.39. The van der Waals surface area contributed by atoms with Crippen LogP contribution >= 0.6 is 11.6 Å². The molecular weight excluding hydrogens is 232 g/mol. The second-order valence-electron chi connectivity index (χ2n) is 4.94. The number of halogens is 1. The Kier molecular flexibility index (Phi) is 4.73. The van der Waals surface area contributed by atoms with Crippen molar-refractivity contribution in [1.29, 1.82) is 0 Å². The van der Waals surface area contributed by atoms with Crippen LogP contribution in [0.5, 0.6) is 5.75 Å². The van der Waals surface area contributed by atoms with Crippen LogP contribution in [0.4, 0.5) is 0 Å². The van der Waals surface area contributed by atoms with Crippen LogP contribution < -0.4 is 4.74 Å². The number of alkyl halides is 1. The number of hydrogen-bond acceptors (Lipinski definition) is 1. The molecule has 0 bridgehead atoms. The average molecular weight is 253 g/mol. The molecule has 0 heterocycles. The van der Waals surface area contributed by atoms with Gasteiger partial charge in [-0.05, 0) is 36.5 Å². The normalized spacial score (nSPS) is 18.9. The van der Waals surface area contributed by atoms with Gasteiger partial charge in [-0.25, -0.2) is 0 Å². The molecule has 1 aliphatic carbocycles. The van der Waals surface area contributed by atoms with Crippen molar-refractivity contribution in [3.63, 3.8) is 0 Å². The van der Waals surface area contributed by atoms with E-state index in [1.807, 2.05) is 6.07 Å². The highest BCUT2D eigenvalue weighted by Gasteiger charge is 2.24. The Labute approximate surface area is 109 Å². The molecule has 0 aliphatic heterocycles. The van der Waals surface area contributed by atoms with Crippen molar-refractivity contribution >= 4 is 11.6 Å². The number of methoxy groups -OCH3 is 1. The van der Waals surface area contributed by atoms with Crippen LogP contribution in [0, 0.1) is 5.92 Å². The summed E-state index contributed by atoms with van der Waals surface area (Å²) >= 11 is 6.19. The maximum Gasteiger partial charge on any atom is 0.119 e. The largest absolute Gasteiger partial charge is 0.497 e. The SMILES string of the molecule is COc1cccc(C(CCl)C2CCCCC2)c1. The summed E-state index contributed by atoms with van der Waals surface area (Å²) in [5.74, 6) is 2.91. The molecule has 0 spiro atoms. The third-order valence-electron chi connectivity index (χ3n) is 3.91. The summed E-state index contributed by atoms with van der Waals surface area (Å²) in [7, 11) is 1.72. The lowest BCUT2D eigenvalue weighted by Gasteiger charge is -2.29. The molecule has 1 nitrogen and oxygen atoms in total. The van der Waals surface area contributed by atoms with E-state index in [1.165, 1.54) is 37.7 Å². The molecule has 0 saturated heterocycles. The molecule has 2 heteroatoms. The monoisotopic (exact) mass is 252 g/mol. The Morgan fingerprint density at radius 2 is 2.06 bits per heavy atom. The summed E-state index contributed by atoms with van der Waals surface area (Å²) in [6.07, 6.45) is 6.77. The molecule has 1 aromatic carbocycles. The number of hydrogen-bond donors (Lipinski definition) is 0. The van der Waals surface area contributed by atoms with Crippen molar-refractivity contribution in [2.45, 2.75) is 38.0 Å². The zero-order valence-corrected chi connectivity index (χ0v) is 11.2. The summed E-state index contributed by atoms with van der Waals surface area (Å²) in [5.41, 5.74) is 1.34. The van der Waals surface area contributed by atoms with Gasteiger partial charge in [0.25, 0.3) is 0 Å². The lowest BCUT2D eigenvalue weighted by Crippen LogP contribution is -2.17. The first-order valence-electron chi connectivity index (χ1n) is 6.55. The Hall–Kier alpha value is -0.690. The summed E-state index contributed by atoms with van der Waals surface area (Å²) in [4.78, 5) is 0. The smallest absolute Gasteiger partial charge is 0.119 e. The Balaban J connectivity index is 2.15. The Morgan fingerprint density at radius 3 is 2.71 bits per heavy atom. The first-order valence-corrected chi connectivity index (χ1v) is 7.08. The topological polar surface area (TPSA) is 9.23 Å². The van der Waals surface area contributed by atoms with Crippen molar-refractivity contribution in [3.05, 3.63) is 29.8 Å². The predicted molar refractivity (Wildman–Crippen MR) is 73.0 cm³/mol. The van der Waals surface area contributed by atoms with Gasteiger partial charge in [-0.15, -0.1) is 11.6 Å². The second-order valence-corrected chi connectivity index (χ2v) is 5.24. The van der Waals surface area contributed by atoms with Gasteiger partial charge >= 0.3 is 0 Å². The fourth-order valence-corrected chi connectivity index (χ4v) is 3.33. The van der Waals surface area contributed by atoms with E-state index in [-0.39, 0.29) is 0 Å². The number of rotatable bonds is 4. The number of benzene rings is 1. The Bertz CT molecular complexity index is 345. The van der Waals surface area contributed by atoms with Gasteiger partial charge in [0.15, 0.2) is 0 Å². The minimum atomic E-state index is 0.493. The van der Waals surface area contributed by atoms with Gasteiger partial charge in [0.05, 0.1) is 7.11 Å². The third-order valence-corrected chi connectivity index (χ3v) is 4.24. The lowest BCUT2D eigenvalue weighted by atomic mass is 9.78. The summed E-state index contributed by atoms with van der Waals surface area (Å²) < 4.78 is 5.29. The standard InChI is InChI=1S/C15H21ClO/c1-17-14-9-5-8-13(10-14)15(11-16)12-6-3-2-4-7-12/h5,8-10,12,15H,2-4,6-7,11H2,1H3. The predicted octanol–water partition coefficient (Wildman–Crippen LogP) is 4.60. The maximum atomic E-state index is 6.19. The van der Waals surface area contributed by atoms with Crippen molar-refractivity contribution in [2.75, 3.05) is 13.0 Å². The minimum Gasteiger partial charge on any atom is -0.497 e. The zero-order valence-electron chi connectivity index (χ0n) is 10.5. The maximum absolute atomic E-state index is 6.19. The molecule has 0 radical (unpaired) electrons. The highest BCUT2D eigenvalue weighted by Crippen LogP contribution is 2.37. The molecule has 17 heavy (non-hydrogen) atoms. The first-order chi connectivity index (χ1) is 8.35. The molecule has 94 valence electrons. The van der Waals surface area contributed by atoms with Gasteiger partial charge in [0.1, 0.15) is 5.75 Å². The van der Waals surface area contributed by atoms with Gasteiger partial charge in [-0.1, -0.05) is 31.4 Å². The van der Waals surface area contributed by atoms with Gasteiger partial charge in [-0.2, -0.15) is 0 Å². The molecule has 0 aromatic heterocycles. The van der Waals surface area contributed by atoms with E-state index >= 15 is 0 Å². The van der Waals surface area contributed by atoms with Crippen LogP contribution in [0.1, 0.15) is 43.6 Å². The van der Waals surface area contributed by atoms with E-state index < -0.39 is 0 Å². The second kappa shape index (κ2) is 6.30. The molecule has 0 N–H and O–H groups in total. The molecule has 1 aromatic rings. The Morgan fingerprint density at radius 1 is 1.29 bits per heavy atom. The van der Waals surface area contributed by atoms with Crippen LogP contribution in [0.3, 0.4) is 0 Å². The van der Waals surface area contributed by atoms with E-state index in [2.05, 4.69) is 18.2 Å². The van der Waals surface area contributed by atoms with E-state index in [9.17, 15) is 0 Å². The molecule has 2 rings (SSSR count). The van der Waals surface area contributed by atoms with Crippen LogP contribution in [0.2, 0.25) is 0 Å². The molecule has 1 atom stereocenters. The van der Waals surface area contributed by atoms with Gasteiger partial charge in [0, 0.05) is 11.8 Å². The van der Waals surface area contributed by atoms with Gasteiger partial charge < -0.3 is 4.74 Å². The molecular formula is C15H21ClO. The van der Waals surface area contributed by atoms with E-state index in [1.54, 1.807) is 7.11 Å². The van der Waals surface area contributed by atoms with Crippen LogP contribution in [0.15, 0.2) is 24.3 Å². The quantitative estimate of drug-likeness (QED) is 0.712. The first kappa shape index (κ1) is 12.8. The summed E-state index contributed by atoms with van der Waals surface area (Å²) in [5, 5.41) is 0. The van der Waals surface area contributed by atoms with Crippen molar-refractivity contribution in [1.82, 2.24) is 0 Å². The molecule has 1 unspecified atom stereocenters. The number of ether oxygens (including phenoxy) is 1. The van der Waals surface area contributed by atoms with Crippen LogP contribution in [0.25, 0.3) is 0 Å². The highest BCUT2D eigenvalue weighted by atomic mass is 35.5. The van der Waals surface area contributed by atoms with Crippen molar-refractivity contribution < 1.29 is 4.74 Å². The van der Waals surface area contributed by atoms with Crippen molar-refractivity contribution in [3.8, 4) is 5.75 Å². The van der Waals surface area contributed by atoms with Crippen molar-refractivity contribution in [2.24, 2.45) is 5.92 Å². The molecule has 1 saturated carbocycles. The third kappa shape index (κ3) is 3.16. The molecule has 1 fully saturated rings. The van der Waals surface area contributed by atoms with E-state index in [4.69, 9.17) is 16.3 Å². The summed E-state index contributed by atoms with van der Waals surface area (Å²) in [6.45, 7) is 0. The lowest BCUT2D eigenvalue weighted by molar-refractivity contribution is 0.317. The van der Waals surface area contributed by atoms with Gasteiger partial charge in [-0.3, -0.25) is 0 Å². The fraction of sp³-hybridized carbons (Fsp3) is 0.600. The van der Waals surface area contributed by atoms with Crippen LogP contribution in [-0.2, 0) is 0 Å². The fourth-order valence-electron chi connectivity index (χ4n) is 2.90. The van der Waals surface area contributed by atoms with E-state index in [0.717, 1.165) is 17.5 Å². The highest BCUT2D eigenvalue weighted by molar-refractivity contribution is 6.18. The zero-order chi connectivity index (χ0) is 12.1. The molecule has 0 amide bonds. The average Bonchev–Trinajstić information content (AvgIpc) is 2.41. The minimum absolute atomic E-state index is 0.493. The molecule has 1 aliphatic rings. The van der Waals surface area contributed by atoms with Gasteiger partial charge in [0.2, 0.25) is 0 Å². The van der Waals surface area contributed by atoms with Crippen LogP contribution in [-0.4, -0.2) is 13.0 Å². The van der Waals surface area contributed by atoms with E-state index in [0.29, 0.717) is 5.92 Å².